The first-order valence-corrected chi connectivity index (χ1v) is 9.14. The molecule has 0 aromatic heterocycles. The molecule has 0 saturated heterocycles. The summed E-state index contributed by atoms with van der Waals surface area (Å²) >= 11 is 0. The highest BCUT2D eigenvalue weighted by Crippen LogP contribution is 2.44. The number of benzene rings is 2. The van der Waals surface area contributed by atoms with E-state index in [0.717, 1.165) is 37.5 Å². The van der Waals surface area contributed by atoms with Gasteiger partial charge in [0.1, 0.15) is 12.4 Å². The lowest BCUT2D eigenvalue weighted by Gasteiger charge is -2.22. The van der Waals surface area contributed by atoms with E-state index < -0.39 is 52.3 Å². The van der Waals surface area contributed by atoms with E-state index in [2.05, 4.69) is 5.32 Å². The number of nitrogens with one attached hydrogen (secondary N) is 2. The molecule has 2 aromatic rings. The van der Waals surface area contributed by atoms with Gasteiger partial charge in [-0.25, -0.2) is 9.18 Å². The summed E-state index contributed by atoms with van der Waals surface area (Å²) in [6.07, 6.45) is -10.7. The van der Waals surface area contributed by atoms with E-state index in [1.807, 2.05) is 0 Å². The Morgan fingerprint density at radius 3 is 2.26 bits per heavy atom. The molecule has 0 bridgehead atoms. The minimum atomic E-state index is -5.38. The zero-order valence-corrected chi connectivity index (χ0v) is 17.2. The number of nitriles is 1. The van der Waals surface area contributed by atoms with E-state index in [-0.39, 0.29) is 18.3 Å². The first-order valence-electron chi connectivity index (χ1n) is 9.14. The fourth-order valence-electron chi connectivity index (χ4n) is 2.66. The zero-order chi connectivity index (χ0) is 25.7. The van der Waals surface area contributed by atoms with Gasteiger partial charge in [0, 0.05) is 36.3 Å². The Labute approximate surface area is 188 Å². The Bertz CT molecular complexity index is 1130. The number of amides is 1. The van der Waals surface area contributed by atoms with Crippen molar-refractivity contribution in [2.75, 3.05) is 18.5 Å². The molecule has 0 fully saturated rings. The monoisotopic (exact) mass is 488 g/mol. The van der Waals surface area contributed by atoms with E-state index >= 15 is 0 Å². The Kier molecular flexibility index (Phi) is 7.88. The molecule has 0 atom stereocenters. The number of nitrogens with zero attached hydrogens (tertiary/aromatic N) is 2. The van der Waals surface area contributed by atoms with Crippen molar-refractivity contribution in [2.45, 2.75) is 12.4 Å². The van der Waals surface area contributed by atoms with Crippen molar-refractivity contribution >= 4 is 23.6 Å². The second-order valence-corrected chi connectivity index (χ2v) is 6.58. The van der Waals surface area contributed by atoms with Gasteiger partial charge in [-0.3, -0.25) is 4.90 Å². The highest BCUT2D eigenvalue weighted by molar-refractivity contribution is 6.10. The number of carbonyl (C=O) groups excluding carboxylic acids is 1. The van der Waals surface area contributed by atoms with Crippen LogP contribution in [0.5, 0.6) is 5.75 Å². The first kappa shape index (κ1) is 26.2. The molecule has 0 saturated carbocycles. The standard InChI is InChI=1S/C21H15F7N4O2/c1-32(15-4-2-14(22)3-5-15)19(33)34-18-16(12(10-30)11-31-7-6-29)8-13(20(23,24)25)9-17(18)21(26,27)28/h2-5,8-11,30-31H,7H2,1H3/b12-11+,30-10?. The molecular weight excluding hydrogens is 473 g/mol. The number of hydrogen-bond acceptors (Lipinski definition) is 5. The zero-order valence-electron chi connectivity index (χ0n) is 17.2. The third-order valence-electron chi connectivity index (χ3n) is 4.30. The summed E-state index contributed by atoms with van der Waals surface area (Å²) in [6.45, 7) is -0.370. The molecule has 0 aliphatic heterocycles. The summed E-state index contributed by atoms with van der Waals surface area (Å²) in [5.74, 6) is -1.94. The number of alkyl halides is 6. The Morgan fingerprint density at radius 2 is 1.76 bits per heavy atom. The highest BCUT2D eigenvalue weighted by atomic mass is 19.4. The maximum absolute atomic E-state index is 13.7. The predicted molar refractivity (Wildman–Crippen MR) is 108 cm³/mol. The van der Waals surface area contributed by atoms with Crippen LogP contribution in [0.4, 0.5) is 41.2 Å². The molecule has 2 aromatic carbocycles. The molecule has 13 heteroatoms. The minimum absolute atomic E-state index is 0.0203. The number of allylic oxidation sites excluding steroid dienone is 1. The van der Waals surface area contributed by atoms with Gasteiger partial charge in [-0.05, 0) is 36.4 Å². The van der Waals surface area contributed by atoms with E-state index in [4.69, 9.17) is 15.4 Å². The molecule has 34 heavy (non-hydrogen) atoms. The lowest BCUT2D eigenvalue weighted by molar-refractivity contribution is -0.143. The van der Waals surface area contributed by atoms with Gasteiger partial charge in [0.2, 0.25) is 0 Å². The molecule has 2 rings (SSSR count). The molecule has 2 N–H and O–H groups in total. The van der Waals surface area contributed by atoms with Gasteiger partial charge in [-0.15, -0.1) is 0 Å². The largest absolute Gasteiger partial charge is 0.420 e. The van der Waals surface area contributed by atoms with Crippen LogP contribution < -0.4 is 15.0 Å². The lowest BCUT2D eigenvalue weighted by Crippen LogP contribution is -2.30. The van der Waals surface area contributed by atoms with E-state index in [9.17, 15) is 35.5 Å². The number of anilines is 1. The third-order valence-corrected chi connectivity index (χ3v) is 4.30. The number of carbonyl (C=O) groups is 1. The number of rotatable bonds is 6. The first-order chi connectivity index (χ1) is 15.8. The fourth-order valence-corrected chi connectivity index (χ4v) is 2.66. The molecule has 0 heterocycles. The average molecular weight is 488 g/mol. The summed E-state index contributed by atoms with van der Waals surface area (Å²) < 4.78 is 99.2. The van der Waals surface area contributed by atoms with E-state index in [1.54, 1.807) is 6.07 Å². The van der Waals surface area contributed by atoms with Crippen LogP contribution >= 0.6 is 0 Å². The summed E-state index contributed by atoms with van der Waals surface area (Å²) in [5, 5.41) is 18.3. The molecule has 0 unspecified atom stereocenters. The summed E-state index contributed by atoms with van der Waals surface area (Å²) in [4.78, 5) is 13.3. The molecule has 0 aliphatic carbocycles. The van der Waals surface area contributed by atoms with E-state index in [1.165, 1.54) is 0 Å². The smallest absolute Gasteiger partial charge is 0.409 e. The molecule has 6 nitrogen and oxygen atoms in total. The van der Waals surface area contributed by atoms with Crippen LogP contribution in [0.3, 0.4) is 0 Å². The Hall–Kier alpha value is -4.08. The fraction of sp³-hybridized carbons (Fsp3) is 0.190. The van der Waals surface area contributed by atoms with Gasteiger partial charge in [0.25, 0.3) is 0 Å². The normalized spacial score (nSPS) is 12.0. The van der Waals surface area contributed by atoms with Gasteiger partial charge in [0.15, 0.2) is 5.75 Å². The van der Waals surface area contributed by atoms with Crippen molar-refractivity contribution < 1.29 is 40.3 Å². The maximum Gasteiger partial charge on any atom is 0.420 e. The summed E-state index contributed by atoms with van der Waals surface area (Å²) in [6, 6.07) is 5.93. The third kappa shape index (κ3) is 6.25. The highest BCUT2D eigenvalue weighted by Gasteiger charge is 2.41. The predicted octanol–water partition coefficient (Wildman–Crippen LogP) is 5.60. The van der Waals surface area contributed by atoms with E-state index in [0.29, 0.717) is 17.2 Å². The SMILES string of the molecule is CN(C(=O)Oc1c(/C(C=N)=C/NCC#N)cc(C(F)(F)F)cc1C(F)(F)F)c1ccc(F)cc1. The lowest BCUT2D eigenvalue weighted by atomic mass is 9.98. The topological polar surface area (TPSA) is 89.2 Å². The van der Waals surface area contributed by atoms with Crippen molar-refractivity contribution in [1.29, 1.82) is 10.7 Å². The van der Waals surface area contributed by atoms with Crippen LogP contribution in [0, 0.1) is 22.6 Å². The van der Waals surface area contributed by atoms with Crippen molar-refractivity contribution in [3.63, 3.8) is 0 Å². The molecule has 0 spiro atoms. The van der Waals surface area contributed by atoms with Crippen LogP contribution in [0.1, 0.15) is 16.7 Å². The molecule has 0 aliphatic rings. The van der Waals surface area contributed by atoms with Crippen LogP contribution in [-0.4, -0.2) is 25.9 Å². The Morgan fingerprint density at radius 1 is 1.15 bits per heavy atom. The van der Waals surface area contributed by atoms with Gasteiger partial charge < -0.3 is 15.5 Å². The van der Waals surface area contributed by atoms with Crippen LogP contribution in [-0.2, 0) is 12.4 Å². The van der Waals surface area contributed by atoms with Gasteiger partial charge in [-0.1, -0.05) is 0 Å². The minimum Gasteiger partial charge on any atom is -0.409 e. The second-order valence-electron chi connectivity index (χ2n) is 6.58. The Balaban J connectivity index is 2.70. The van der Waals surface area contributed by atoms with Crippen LogP contribution in [0.25, 0.3) is 5.57 Å². The van der Waals surface area contributed by atoms with Crippen molar-refractivity contribution in [2.24, 2.45) is 0 Å². The number of ether oxygens (including phenoxy) is 1. The number of halogens is 7. The van der Waals surface area contributed by atoms with Crippen LogP contribution in [0.15, 0.2) is 42.6 Å². The molecule has 0 radical (unpaired) electrons. The molecule has 1 amide bonds. The van der Waals surface area contributed by atoms with Gasteiger partial charge >= 0.3 is 18.4 Å². The van der Waals surface area contributed by atoms with Crippen LogP contribution in [0.2, 0.25) is 0 Å². The summed E-state index contributed by atoms with van der Waals surface area (Å²) in [5.41, 5.74) is -4.99. The van der Waals surface area contributed by atoms with Gasteiger partial charge in [-0.2, -0.15) is 31.6 Å². The van der Waals surface area contributed by atoms with Crippen molar-refractivity contribution in [3.8, 4) is 11.8 Å². The van der Waals surface area contributed by atoms with Crippen molar-refractivity contribution in [3.05, 3.63) is 65.1 Å². The maximum atomic E-state index is 13.7. The summed E-state index contributed by atoms with van der Waals surface area (Å²) in [7, 11) is 1.09. The van der Waals surface area contributed by atoms with Gasteiger partial charge in [0.05, 0.1) is 17.2 Å². The molecular formula is C21H15F7N4O2. The number of hydrogen-bond donors (Lipinski definition) is 2. The molecule has 180 valence electrons. The quantitative estimate of drug-likeness (QED) is 0.240. The average Bonchev–Trinajstić information content (AvgIpc) is 2.75. The van der Waals surface area contributed by atoms with Crippen molar-refractivity contribution in [1.82, 2.24) is 5.32 Å². The second kappa shape index (κ2) is 10.2.